The molecule has 2 heterocycles. The molecule has 1 aromatic heterocycles. The Kier molecular flexibility index (Phi) is 5.79. The predicted octanol–water partition coefficient (Wildman–Crippen LogP) is 4.39. The minimum atomic E-state index is -1.14. The van der Waals surface area contributed by atoms with Crippen LogP contribution in [0, 0.1) is 18.7 Å². The maximum absolute atomic E-state index is 13.9. The second-order valence-corrected chi connectivity index (χ2v) is 10.4. The number of aliphatic hydroxyl groups is 1. The molecule has 0 radical (unpaired) electrons. The van der Waals surface area contributed by atoms with Crippen LogP contribution < -0.4 is 0 Å². The lowest BCUT2D eigenvalue weighted by Crippen LogP contribution is -2.47. The average Bonchev–Trinajstić information content (AvgIpc) is 3.33. The standard InChI is InChI=1S/C27H34FN3O2/c1-17-5-6-19-12-18(13-20(19)11-17)15-30-10-9-24(25(16-30)33-4)31-23-8-7-21(28)14-22(23)29-26(31)27(2,3)32/h5-8,11,14,18,24-25,32H,9-10,12-13,15-16H2,1-4H3/t18?,24-,25+/m1/s1. The average molecular weight is 452 g/mol. The molecule has 3 aromatic rings. The number of aryl methyl sites for hydroxylation is 1. The zero-order chi connectivity index (χ0) is 23.3. The van der Waals surface area contributed by atoms with E-state index in [9.17, 15) is 9.50 Å². The van der Waals surface area contributed by atoms with Crippen molar-refractivity contribution < 1.29 is 14.2 Å². The van der Waals surface area contributed by atoms with Gasteiger partial charge in [0.2, 0.25) is 0 Å². The van der Waals surface area contributed by atoms with Crippen LogP contribution in [-0.4, -0.2) is 52.4 Å². The van der Waals surface area contributed by atoms with Crippen molar-refractivity contribution in [3.05, 3.63) is 64.7 Å². The van der Waals surface area contributed by atoms with Crippen LogP contribution in [0.1, 0.15) is 48.8 Å². The van der Waals surface area contributed by atoms with E-state index in [2.05, 4.69) is 39.6 Å². The molecule has 3 atom stereocenters. The number of piperidine rings is 1. The third-order valence-electron chi connectivity index (χ3n) is 7.34. The van der Waals surface area contributed by atoms with Crippen LogP contribution in [0.25, 0.3) is 11.0 Å². The number of imidazole rings is 1. The highest BCUT2D eigenvalue weighted by molar-refractivity contribution is 5.76. The molecular formula is C27H34FN3O2. The molecule has 1 aliphatic carbocycles. The molecule has 2 aromatic carbocycles. The molecule has 1 N–H and O–H groups in total. The van der Waals surface area contributed by atoms with Crippen molar-refractivity contribution in [3.8, 4) is 0 Å². The summed E-state index contributed by atoms with van der Waals surface area (Å²) in [7, 11) is 1.76. The van der Waals surface area contributed by atoms with Gasteiger partial charge in [-0.05, 0) is 69.2 Å². The van der Waals surface area contributed by atoms with Gasteiger partial charge in [-0.25, -0.2) is 9.37 Å². The summed E-state index contributed by atoms with van der Waals surface area (Å²) in [6.07, 6.45) is 3.15. The summed E-state index contributed by atoms with van der Waals surface area (Å²) in [5, 5.41) is 10.8. The van der Waals surface area contributed by atoms with Gasteiger partial charge in [-0.1, -0.05) is 23.8 Å². The Labute approximate surface area is 195 Å². The first-order valence-corrected chi connectivity index (χ1v) is 12.0. The van der Waals surface area contributed by atoms with E-state index in [1.54, 1.807) is 27.0 Å². The van der Waals surface area contributed by atoms with Gasteiger partial charge in [-0.3, -0.25) is 0 Å². The minimum absolute atomic E-state index is 0.0339. The number of hydrogen-bond acceptors (Lipinski definition) is 4. The number of rotatable bonds is 5. The molecule has 0 bridgehead atoms. The lowest BCUT2D eigenvalue weighted by molar-refractivity contribution is -0.0152. The van der Waals surface area contributed by atoms with Crippen molar-refractivity contribution >= 4 is 11.0 Å². The first-order chi connectivity index (χ1) is 15.7. The second-order valence-electron chi connectivity index (χ2n) is 10.4. The quantitative estimate of drug-likeness (QED) is 0.625. The van der Waals surface area contributed by atoms with Crippen LogP contribution in [0.5, 0.6) is 0 Å². The zero-order valence-corrected chi connectivity index (χ0v) is 20.0. The van der Waals surface area contributed by atoms with Crippen LogP contribution in [0.15, 0.2) is 36.4 Å². The number of fused-ring (bicyclic) bond motifs is 2. The predicted molar refractivity (Wildman–Crippen MR) is 128 cm³/mol. The van der Waals surface area contributed by atoms with Gasteiger partial charge in [-0.15, -0.1) is 0 Å². The molecule has 6 heteroatoms. The maximum Gasteiger partial charge on any atom is 0.141 e. The summed E-state index contributed by atoms with van der Waals surface area (Å²) in [5.74, 6) is 0.880. The fourth-order valence-corrected chi connectivity index (χ4v) is 5.83. The molecule has 0 amide bonds. The van der Waals surface area contributed by atoms with Crippen LogP contribution in [0.4, 0.5) is 4.39 Å². The first-order valence-electron chi connectivity index (χ1n) is 12.0. The van der Waals surface area contributed by atoms with Gasteiger partial charge in [0, 0.05) is 32.8 Å². The number of benzene rings is 2. The first kappa shape index (κ1) is 22.5. The molecule has 0 saturated carbocycles. The SMILES string of the molecule is CO[C@H]1CN(CC2Cc3ccc(C)cc3C2)CC[C@H]1n1c(C(C)(C)O)nc2cc(F)ccc21. The van der Waals surface area contributed by atoms with E-state index in [4.69, 9.17) is 4.74 Å². The Bertz CT molecular complexity index is 1170. The Morgan fingerprint density at radius 2 is 1.94 bits per heavy atom. The highest BCUT2D eigenvalue weighted by Gasteiger charge is 2.37. The number of ether oxygens (including phenoxy) is 1. The third kappa shape index (κ3) is 4.32. The molecule has 0 spiro atoms. The van der Waals surface area contributed by atoms with Gasteiger partial charge in [0.1, 0.15) is 17.2 Å². The second kappa shape index (κ2) is 8.49. The van der Waals surface area contributed by atoms with Crippen LogP contribution in [-0.2, 0) is 23.2 Å². The topological polar surface area (TPSA) is 50.5 Å². The third-order valence-corrected chi connectivity index (χ3v) is 7.34. The Balaban J connectivity index is 1.36. The van der Waals surface area contributed by atoms with Gasteiger partial charge in [0.25, 0.3) is 0 Å². The fraction of sp³-hybridized carbons (Fsp3) is 0.519. The van der Waals surface area contributed by atoms with Crippen LogP contribution in [0.3, 0.4) is 0 Å². The number of aromatic nitrogens is 2. The van der Waals surface area contributed by atoms with E-state index >= 15 is 0 Å². The molecule has 176 valence electrons. The summed E-state index contributed by atoms with van der Waals surface area (Å²) >= 11 is 0. The number of nitrogens with zero attached hydrogens (tertiary/aromatic N) is 3. The number of methoxy groups -OCH3 is 1. The van der Waals surface area contributed by atoms with Crippen molar-refractivity contribution in [1.29, 1.82) is 0 Å². The molecule has 2 aliphatic rings. The van der Waals surface area contributed by atoms with Crippen molar-refractivity contribution in [2.45, 2.75) is 57.8 Å². The Morgan fingerprint density at radius 1 is 1.15 bits per heavy atom. The summed E-state index contributed by atoms with van der Waals surface area (Å²) in [6, 6.07) is 11.6. The van der Waals surface area contributed by atoms with Gasteiger partial charge in [0.15, 0.2) is 0 Å². The van der Waals surface area contributed by atoms with Crippen molar-refractivity contribution in [2.24, 2.45) is 5.92 Å². The van der Waals surface area contributed by atoms with Gasteiger partial charge in [-0.2, -0.15) is 0 Å². The smallest absolute Gasteiger partial charge is 0.141 e. The monoisotopic (exact) mass is 451 g/mol. The lowest BCUT2D eigenvalue weighted by atomic mass is 9.97. The molecular weight excluding hydrogens is 417 g/mol. The number of likely N-dealkylation sites (tertiary alicyclic amines) is 1. The van der Waals surface area contributed by atoms with Gasteiger partial charge >= 0.3 is 0 Å². The largest absolute Gasteiger partial charge is 0.383 e. The van der Waals surface area contributed by atoms with Gasteiger partial charge < -0.3 is 19.3 Å². The summed E-state index contributed by atoms with van der Waals surface area (Å²) in [6.45, 7) is 8.49. The molecule has 5 rings (SSSR count). The molecule has 33 heavy (non-hydrogen) atoms. The Hall–Kier alpha value is -2.28. The van der Waals surface area contributed by atoms with Gasteiger partial charge in [0.05, 0.1) is 23.2 Å². The molecule has 1 saturated heterocycles. The molecule has 1 fully saturated rings. The highest BCUT2D eigenvalue weighted by Crippen LogP contribution is 2.35. The Morgan fingerprint density at radius 3 is 2.70 bits per heavy atom. The normalized spacial score (nSPS) is 23.9. The lowest BCUT2D eigenvalue weighted by Gasteiger charge is -2.40. The minimum Gasteiger partial charge on any atom is -0.383 e. The van der Waals surface area contributed by atoms with Crippen molar-refractivity contribution in [3.63, 3.8) is 0 Å². The van der Waals surface area contributed by atoms with E-state index < -0.39 is 5.60 Å². The molecule has 1 aliphatic heterocycles. The zero-order valence-electron chi connectivity index (χ0n) is 20.0. The molecule has 1 unspecified atom stereocenters. The fourth-order valence-electron chi connectivity index (χ4n) is 5.83. The molecule has 5 nitrogen and oxygen atoms in total. The van der Waals surface area contributed by atoms with E-state index in [-0.39, 0.29) is 18.0 Å². The van der Waals surface area contributed by atoms with E-state index in [1.165, 1.54) is 28.8 Å². The van der Waals surface area contributed by atoms with Crippen molar-refractivity contribution in [1.82, 2.24) is 14.5 Å². The van der Waals surface area contributed by atoms with Crippen LogP contribution >= 0.6 is 0 Å². The summed E-state index contributed by atoms with van der Waals surface area (Å²) in [4.78, 5) is 7.15. The van der Waals surface area contributed by atoms with E-state index in [0.29, 0.717) is 17.3 Å². The van der Waals surface area contributed by atoms with Crippen molar-refractivity contribution in [2.75, 3.05) is 26.7 Å². The summed E-state index contributed by atoms with van der Waals surface area (Å²) in [5.41, 5.74) is 4.61. The maximum atomic E-state index is 13.9. The van der Waals surface area contributed by atoms with E-state index in [1.807, 2.05) is 0 Å². The summed E-state index contributed by atoms with van der Waals surface area (Å²) < 4.78 is 22.0. The van der Waals surface area contributed by atoms with E-state index in [0.717, 1.165) is 44.4 Å². The highest BCUT2D eigenvalue weighted by atomic mass is 19.1. The number of halogens is 1. The number of hydrogen-bond donors (Lipinski definition) is 1. The van der Waals surface area contributed by atoms with Crippen LogP contribution in [0.2, 0.25) is 0 Å².